The highest BCUT2D eigenvalue weighted by Gasteiger charge is 2.28. The molecular weight excluding hydrogens is 400 g/mol. The number of nitrogens with zero attached hydrogens (tertiary/aromatic N) is 2. The van der Waals surface area contributed by atoms with Crippen LogP contribution in [0.1, 0.15) is 5.89 Å². The lowest BCUT2D eigenvalue weighted by molar-refractivity contribution is -0.666. The molecule has 0 amide bonds. The summed E-state index contributed by atoms with van der Waals surface area (Å²) in [4.78, 5) is 25.5. The summed E-state index contributed by atoms with van der Waals surface area (Å²) < 4.78 is 23.1. The van der Waals surface area contributed by atoms with E-state index < -0.39 is 0 Å². The molecule has 0 aliphatic carbocycles. The SMILES string of the molecule is COC(=O)CN1/C(=C\C=C\c2oc3ccccc3[n+]2CC(=O)OC)Oc2ccccc21. The maximum Gasteiger partial charge on any atom is 0.374 e. The number of para-hydroxylation sites is 4. The van der Waals surface area contributed by atoms with Crippen molar-refractivity contribution in [3.8, 4) is 5.75 Å². The van der Waals surface area contributed by atoms with E-state index in [4.69, 9.17) is 18.6 Å². The molecule has 0 saturated carbocycles. The summed E-state index contributed by atoms with van der Waals surface area (Å²) in [7, 11) is 2.69. The molecular formula is C23H21N2O6+. The zero-order valence-electron chi connectivity index (χ0n) is 17.1. The minimum atomic E-state index is -0.386. The second-order valence-corrected chi connectivity index (χ2v) is 6.67. The van der Waals surface area contributed by atoms with E-state index in [1.165, 1.54) is 14.2 Å². The van der Waals surface area contributed by atoms with Crippen LogP contribution in [0.3, 0.4) is 0 Å². The lowest BCUT2D eigenvalue weighted by Crippen LogP contribution is -2.39. The predicted molar refractivity (Wildman–Crippen MR) is 112 cm³/mol. The number of oxazole rings is 1. The number of esters is 2. The Labute approximate surface area is 178 Å². The van der Waals surface area contributed by atoms with Crippen LogP contribution in [-0.4, -0.2) is 32.7 Å². The van der Waals surface area contributed by atoms with Crippen molar-refractivity contribution in [3.63, 3.8) is 0 Å². The van der Waals surface area contributed by atoms with Gasteiger partial charge in [-0.1, -0.05) is 24.3 Å². The van der Waals surface area contributed by atoms with E-state index in [2.05, 4.69) is 0 Å². The Kier molecular flexibility index (Phi) is 5.70. The van der Waals surface area contributed by atoms with Gasteiger partial charge in [0.05, 0.1) is 26.0 Å². The second kappa shape index (κ2) is 8.74. The van der Waals surface area contributed by atoms with Crippen LogP contribution in [0.2, 0.25) is 0 Å². The molecule has 1 aromatic heterocycles. The van der Waals surface area contributed by atoms with E-state index in [-0.39, 0.29) is 25.0 Å². The minimum absolute atomic E-state index is 0.0141. The van der Waals surface area contributed by atoms with Gasteiger partial charge in [-0.15, -0.1) is 4.57 Å². The standard InChI is InChI=1S/C23H21N2O6/c1-28-22(26)14-24-16-8-3-5-10-18(16)30-20(24)12-7-13-21-25(15-23(27)29-2)17-9-4-6-11-19(17)31-21/h3-13H,14-15H2,1-2H3/q+1. The zero-order valence-corrected chi connectivity index (χ0v) is 17.1. The molecule has 3 aromatic rings. The molecule has 4 rings (SSSR count). The van der Waals surface area contributed by atoms with Crippen molar-refractivity contribution in [2.75, 3.05) is 25.7 Å². The molecule has 0 unspecified atom stereocenters. The quantitative estimate of drug-likeness (QED) is 0.447. The highest BCUT2D eigenvalue weighted by molar-refractivity contribution is 5.80. The summed E-state index contributed by atoms with van der Waals surface area (Å²) in [5.74, 6) is 0.819. The number of allylic oxidation sites excluding steroid dienone is 2. The molecule has 0 spiro atoms. The van der Waals surface area contributed by atoms with E-state index in [9.17, 15) is 9.59 Å². The summed E-state index contributed by atoms with van der Waals surface area (Å²) in [6.07, 6.45) is 5.17. The van der Waals surface area contributed by atoms with Crippen LogP contribution < -0.4 is 14.2 Å². The van der Waals surface area contributed by atoms with Crippen molar-refractivity contribution in [1.82, 2.24) is 0 Å². The van der Waals surface area contributed by atoms with Gasteiger partial charge in [0, 0.05) is 6.07 Å². The van der Waals surface area contributed by atoms with Crippen LogP contribution in [-0.2, 0) is 25.6 Å². The van der Waals surface area contributed by atoms with E-state index in [0.717, 1.165) is 11.2 Å². The fraction of sp³-hybridized carbons (Fsp3) is 0.174. The van der Waals surface area contributed by atoms with Crippen LogP contribution in [0.25, 0.3) is 17.2 Å². The third kappa shape index (κ3) is 4.13. The summed E-state index contributed by atoms with van der Waals surface area (Å²) >= 11 is 0. The van der Waals surface area contributed by atoms with Crippen molar-refractivity contribution in [1.29, 1.82) is 0 Å². The molecule has 0 radical (unpaired) electrons. The first-order valence-electron chi connectivity index (χ1n) is 9.58. The molecule has 2 aromatic carbocycles. The Hall–Kier alpha value is -4.07. The molecule has 2 heterocycles. The number of hydrogen-bond donors (Lipinski definition) is 0. The molecule has 1 aliphatic rings. The molecule has 31 heavy (non-hydrogen) atoms. The highest BCUT2D eigenvalue weighted by atomic mass is 16.5. The third-order valence-corrected chi connectivity index (χ3v) is 4.78. The molecule has 1 aliphatic heterocycles. The van der Waals surface area contributed by atoms with Gasteiger partial charge in [0.25, 0.3) is 5.52 Å². The van der Waals surface area contributed by atoms with Gasteiger partial charge in [-0.25, -0.2) is 4.79 Å². The van der Waals surface area contributed by atoms with Gasteiger partial charge in [0.1, 0.15) is 6.54 Å². The van der Waals surface area contributed by atoms with Crippen LogP contribution >= 0.6 is 0 Å². The minimum Gasteiger partial charge on any atom is -0.468 e. The molecule has 8 heteroatoms. The van der Waals surface area contributed by atoms with Gasteiger partial charge in [-0.05, 0) is 30.4 Å². The smallest absolute Gasteiger partial charge is 0.374 e. The largest absolute Gasteiger partial charge is 0.468 e. The molecule has 0 fully saturated rings. The van der Waals surface area contributed by atoms with Gasteiger partial charge in [0.2, 0.25) is 18.0 Å². The topological polar surface area (TPSA) is 82.1 Å². The summed E-state index contributed by atoms with van der Waals surface area (Å²) in [6, 6.07) is 14.8. The number of rotatable bonds is 6. The van der Waals surface area contributed by atoms with Crippen LogP contribution in [0.15, 0.2) is 71.0 Å². The summed E-state index contributed by atoms with van der Waals surface area (Å²) in [6.45, 7) is 0.0281. The van der Waals surface area contributed by atoms with Gasteiger partial charge in [-0.2, -0.15) is 0 Å². The molecule has 0 bridgehead atoms. The molecule has 0 saturated heterocycles. The maximum atomic E-state index is 11.9. The first-order valence-corrected chi connectivity index (χ1v) is 9.58. The highest BCUT2D eigenvalue weighted by Crippen LogP contribution is 2.38. The average Bonchev–Trinajstić information content (AvgIpc) is 3.31. The van der Waals surface area contributed by atoms with E-state index in [1.54, 1.807) is 27.7 Å². The average molecular weight is 421 g/mol. The Morgan fingerprint density at radius 1 is 1.03 bits per heavy atom. The number of hydrogen-bond acceptors (Lipinski definition) is 7. The zero-order chi connectivity index (χ0) is 21.8. The molecule has 158 valence electrons. The molecule has 0 atom stereocenters. The number of anilines is 1. The van der Waals surface area contributed by atoms with E-state index in [0.29, 0.717) is 23.1 Å². The van der Waals surface area contributed by atoms with Crippen molar-refractivity contribution in [2.45, 2.75) is 6.54 Å². The van der Waals surface area contributed by atoms with Crippen LogP contribution in [0.4, 0.5) is 5.69 Å². The lowest BCUT2D eigenvalue weighted by atomic mass is 10.3. The number of carbonyl (C=O) groups excluding carboxylic acids is 2. The van der Waals surface area contributed by atoms with Crippen molar-refractivity contribution in [3.05, 3.63) is 72.5 Å². The Morgan fingerprint density at radius 3 is 2.58 bits per heavy atom. The number of carbonyl (C=O) groups is 2. The lowest BCUT2D eigenvalue weighted by Gasteiger charge is -2.16. The van der Waals surface area contributed by atoms with Gasteiger partial charge < -0.3 is 18.6 Å². The maximum absolute atomic E-state index is 11.9. The van der Waals surface area contributed by atoms with Gasteiger partial charge in [-0.3, -0.25) is 9.69 Å². The first-order chi connectivity index (χ1) is 15.1. The number of benzene rings is 2. The molecule has 0 N–H and O–H groups in total. The second-order valence-electron chi connectivity index (χ2n) is 6.67. The normalized spacial score (nSPS) is 14.1. The first kappa shape index (κ1) is 20.2. The van der Waals surface area contributed by atoms with Crippen molar-refractivity contribution >= 4 is 34.8 Å². The summed E-state index contributed by atoms with van der Waals surface area (Å²) in [5.41, 5.74) is 2.20. The Morgan fingerprint density at radius 2 is 1.77 bits per heavy atom. The summed E-state index contributed by atoms with van der Waals surface area (Å²) in [5, 5.41) is 0. The van der Waals surface area contributed by atoms with E-state index >= 15 is 0 Å². The van der Waals surface area contributed by atoms with Gasteiger partial charge in [0.15, 0.2) is 5.75 Å². The monoisotopic (exact) mass is 421 g/mol. The third-order valence-electron chi connectivity index (χ3n) is 4.78. The van der Waals surface area contributed by atoms with Gasteiger partial charge >= 0.3 is 17.8 Å². The molecule has 8 nitrogen and oxygen atoms in total. The number of methoxy groups -OCH3 is 2. The number of fused-ring (bicyclic) bond motifs is 2. The number of ether oxygens (including phenoxy) is 3. The predicted octanol–water partition coefficient (Wildman–Crippen LogP) is 2.82. The van der Waals surface area contributed by atoms with Crippen LogP contribution in [0, 0.1) is 0 Å². The Balaban J connectivity index is 1.65. The van der Waals surface area contributed by atoms with Crippen molar-refractivity contribution < 1.29 is 32.8 Å². The fourth-order valence-electron chi connectivity index (χ4n) is 3.28. The van der Waals surface area contributed by atoms with Crippen LogP contribution in [0.5, 0.6) is 5.75 Å². The Bertz CT molecular complexity index is 1190. The number of aromatic nitrogens is 1. The fourth-order valence-corrected chi connectivity index (χ4v) is 3.28. The van der Waals surface area contributed by atoms with Crippen molar-refractivity contribution in [2.24, 2.45) is 0 Å². The van der Waals surface area contributed by atoms with E-state index in [1.807, 2.05) is 48.5 Å².